The second-order valence-corrected chi connectivity index (χ2v) is 3.17. The van der Waals surface area contributed by atoms with Crippen molar-refractivity contribution in [2.45, 2.75) is 0 Å². The number of allylic oxidation sites excluding steroid dienone is 1. The van der Waals surface area contributed by atoms with E-state index in [1.165, 1.54) is 0 Å². The Labute approximate surface area is 88.5 Å². The summed E-state index contributed by atoms with van der Waals surface area (Å²) in [6.07, 6.45) is 6.84. The molecule has 0 radical (unpaired) electrons. The molecular weight excluding hydrogens is 186 g/mol. The van der Waals surface area contributed by atoms with Crippen LogP contribution in [-0.2, 0) is 0 Å². The zero-order valence-corrected chi connectivity index (χ0v) is 8.21. The highest BCUT2D eigenvalue weighted by Gasteiger charge is 1.96. The average molecular weight is 197 g/mol. The fourth-order valence-electron chi connectivity index (χ4n) is 1.30. The maximum absolute atomic E-state index is 11.6. The van der Waals surface area contributed by atoms with Crippen LogP contribution in [0, 0.1) is 0 Å². The number of benzene rings is 1. The molecule has 1 aromatic carbocycles. The van der Waals surface area contributed by atoms with Gasteiger partial charge in [0, 0.05) is 18.5 Å². The van der Waals surface area contributed by atoms with Gasteiger partial charge in [0.1, 0.15) is 0 Å². The maximum Gasteiger partial charge on any atom is 0.254 e. The fourth-order valence-corrected chi connectivity index (χ4v) is 1.30. The minimum Gasteiger partial charge on any atom is -0.291 e. The fraction of sp³-hybridized carbons (Fsp3) is 0. The molecule has 2 heteroatoms. The summed E-state index contributed by atoms with van der Waals surface area (Å²) in [5, 5.41) is 0. The number of rotatable bonds is 2. The van der Waals surface area contributed by atoms with E-state index in [2.05, 4.69) is 0 Å². The molecular formula is C13H11NO. The lowest BCUT2D eigenvalue weighted by Gasteiger charge is -1.94. The van der Waals surface area contributed by atoms with Crippen LogP contribution >= 0.6 is 0 Å². The molecule has 0 N–H and O–H groups in total. The van der Waals surface area contributed by atoms with Crippen LogP contribution in [0.2, 0.25) is 0 Å². The Morgan fingerprint density at radius 2 is 1.67 bits per heavy atom. The van der Waals surface area contributed by atoms with E-state index in [1.807, 2.05) is 48.5 Å². The summed E-state index contributed by atoms with van der Waals surface area (Å²) in [6.45, 7) is 0. The number of aromatic nitrogens is 1. The van der Waals surface area contributed by atoms with Crippen molar-refractivity contribution in [2.75, 3.05) is 0 Å². The van der Waals surface area contributed by atoms with Gasteiger partial charge in [-0.25, -0.2) is 0 Å². The number of hydrogen-bond donors (Lipinski definition) is 0. The zero-order chi connectivity index (χ0) is 10.5. The van der Waals surface area contributed by atoms with Gasteiger partial charge in [-0.05, 0) is 23.8 Å². The topological polar surface area (TPSA) is 22.0 Å². The van der Waals surface area contributed by atoms with Crippen LogP contribution in [0.1, 0.15) is 10.4 Å². The minimum atomic E-state index is -0.0381. The van der Waals surface area contributed by atoms with Crippen LogP contribution in [0.3, 0.4) is 0 Å². The second kappa shape index (κ2) is 4.42. The smallest absolute Gasteiger partial charge is 0.254 e. The Bertz CT molecular complexity index is 455. The highest BCUT2D eigenvalue weighted by atomic mass is 16.1. The second-order valence-electron chi connectivity index (χ2n) is 3.17. The molecule has 0 aliphatic rings. The largest absolute Gasteiger partial charge is 0.291 e. The summed E-state index contributed by atoms with van der Waals surface area (Å²) in [7, 11) is 0. The third kappa shape index (κ3) is 2.44. The molecule has 0 atom stereocenters. The molecule has 0 fully saturated rings. The van der Waals surface area contributed by atoms with Gasteiger partial charge < -0.3 is 0 Å². The van der Waals surface area contributed by atoms with E-state index in [4.69, 9.17) is 0 Å². The van der Waals surface area contributed by atoms with Crippen LogP contribution in [0.4, 0.5) is 0 Å². The van der Waals surface area contributed by atoms with E-state index in [0.717, 1.165) is 5.56 Å². The van der Waals surface area contributed by atoms with E-state index in [9.17, 15) is 4.79 Å². The molecule has 0 aliphatic heterocycles. The van der Waals surface area contributed by atoms with E-state index < -0.39 is 0 Å². The van der Waals surface area contributed by atoms with E-state index in [-0.39, 0.29) is 5.91 Å². The maximum atomic E-state index is 11.6. The lowest BCUT2D eigenvalue weighted by molar-refractivity contribution is 0.0970. The van der Waals surface area contributed by atoms with Gasteiger partial charge in [0.2, 0.25) is 0 Å². The summed E-state index contributed by atoms with van der Waals surface area (Å²) in [5.41, 5.74) is 1.03. The van der Waals surface area contributed by atoms with Crippen molar-refractivity contribution in [2.24, 2.45) is 0 Å². The van der Waals surface area contributed by atoms with Crippen LogP contribution in [0.5, 0.6) is 0 Å². The van der Waals surface area contributed by atoms with Gasteiger partial charge in [0.15, 0.2) is 0 Å². The van der Waals surface area contributed by atoms with Crippen molar-refractivity contribution in [3.8, 4) is 0 Å². The van der Waals surface area contributed by atoms with Crippen molar-refractivity contribution >= 4 is 12.0 Å². The highest BCUT2D eigenvalue weighted by molar-refractivity contribution is 5.93. The van der Waals surface area contributed by atoms with Gasteiger partial charge in [-0.1, -0.05) is 30.3 Å². The molecule has 0 spiro atoms. The molecule has 2 rings (SSSR count). The quantitative estimate of drug-likeness (QED) is 0.678. The molecule has 15 heavy (non-hydrogen) atoms. The first-order valence-corrected chi connectivity index (χ1v) is 4.77. The van der Waals surface area contributed by atoms with Crippen molar-refractivity contribution in [1.82, 2.24) is 4.57 Å². The molecule has 0 amide bonds. The first-order chi connectivity index (χ1) is 7.36. The lowest BCUT2D eigenvalue weighted by Crippen LogP contribution is -2.03. The van der Waals surface area contributed by atoms with Gasteiger partial charge in [0.25, 0.3) is 5.91 Å². The van der Waals surface area contributed by atoms with Gasteiger partial charge in [-0.2, -0.15) is 0 Å². The van der Waals surface area contributed by atoms with E-state index in [0.29, 0.717) is 0 Å². The van der Waals surface area contributed by atoms with E-state index >= 15 is 0 Å². The van der Waals surface area contributed by atoms with Crippen LogP contribution < -0.4 is 0 Å². The highest BCUT2D eigenvalue weighted by Crippen LogP contribution is 2.01. The van der Waals surface area contributed by atoms with Gasteiger partial charge in [0.05, 0.1) is 0 Å². The Hall–Kier alpha value is -2.09. The third-order valence-electron chi connectivity index (χ3n) is 2.08. The summed E-state index contributed by atoms with van der Waals surface area (Å²) < 4.78 is 1.54. The Morgan fingerprint density at radius 3 is 2.33 bits per heavy atom. The number of nitrogens with zero attached hydrogens (tertiary/aromatic N) is 1. The van der Waals surface area contributed by atoms with Gasteiger partial charge >= 0.3 is 0 Å². The first kappa shape index (κ1) is 9.46. The van der Waals surface area contributed by atoms with Gasteiger partial charge in [-0.15, -0.1) is 0 Å². The molecule has 0 unspecified atom stereocenters. The Morgan fingerprint density at radius 1 is 1.00 bits per heavy atom. The zero-order valence-electron chi connectivity index (χ0n) is 8.21. The third-order valence-corrected chi connectivity index (χ3v) is 2.08. The normalized spacial score (nSPS) is 10.7. The molecule has 2 nitrogen and oxygen atoms in total. The van der Waals surface area contributed by atoms with Crippen molar-refractivity contribution < 1.29 is 4.79 Å². The summed E-state index contributed by atoms with van der Waals surface area (Å²) in [5.74, 6) is -0.0381. The number of carbonyl (C=O) groups is 1. The molecule has 2 aromatic rings. The summed E-state index contributed by atoms with van der Waals surface area (Å²) in [6, 6.07) is 13.4. The van der Waals surface area contributed by atoms with Crippen LogP contribution in [0.15, 0.2) is 60.9 Å². The molecule has 74 valence electrons. The average Bonchev–Trinajstić information content (AvgIpc) is 2.81. The number of hydrogen-bond acceptors (Lipinski definition) is 1. The predicted octanol–water partition coefficient (Wildman–Crippen LogP) is 2.84. The Kier molecular flexibility index (Phi) is 2.79. The van der Waals surface area contributed by atoms with Crippen LogP contribution in [0.25, 0.3) is 6.08 Å². The summed E-state index contributed by atoms with van der Waals surface area (Å²) in [4.78, 5) is 11.6. The minimum absolute atomic E-state index is 0.0381. The van der Waals surface area contributed by atoms with E-state index in [1.54, 1.807) is 23.0 Å². The SMILES string of the molecule is O=C(C=Cc1ccccc1)n1cccc1. The molecule has 0 saturated heterocycles. The van der Waals surface area contributed by atoms with Crippen molar-refractivity contribution in [3.63, 3.8) is 0 Å². The summed E-state index contributed by atoms with van der Waals surface area (Å²) >= 11 is 0. The first-order valence-electron chi connectivity index (χ1n) is 4.77. The molecule has 0 saturated carbocycles. The number of carbonyl (C=O) groups excluding carboxylic acids is 1. The molecule has 1 aromatic heterocycles. The predicted molar refractivity (Wildman–Crippen MR) is 60.5 cm³/mol. The monoisotopic (exact) mass is 197 g/mol. The van der Waals surface area contributed by atoms with Crippen molar-refractivity contribution in [1.29, 1.82) is 0 Å². The standard InChI is InChI=1S/C13H11NO/c15-13(14-10-4-5-11-14)9-8-12-6-2-1-3-7-12/h1-11H. The van der Waals surface area contributed by atoms with Crippen LogP contribution in [-0.4, -0.2) is 10.5 Å². The molecule has 0 aliphatic carbocycles. The lowest BCUT2D eigenvalue weighted by atomic mass is 10.2. The Balaban J connectivity index is 2.10. The molecule has 0 bridgehead atoms. The van der Waals surface area contributed by atoms with Crippen molar-refractivity contribution in [3.05, 3.63) is 66.5 Å². The van der Waals surface area contributed by atoms with Gasteiger partial charge in [-0.3, -0.25) is 9.36 Å². The molecule has 1 heterocycles.